The number of carbonyl (C=O) groups is 5. The van der Waals surface area contributed by atoms with Gasteiger partial charge in [0.25, 0.3) is 5.91 Å². The second kappa shape index (κ2) is 20.6. The van der Waals surface area contributed by atoms with Crippen LogP contribution in [0.3, 0.4) is 0 Å². The number of tetrazole rings is 1. The van der Waals surface area contributed by atoms with Crippen LogP contribution in [0.1, 0.15) is 102 Å². The maximum atomic E-state index is 13.9. The molecule has 0 spiro atoms. The van der Waals surface area contributed by atoms with Crippen LogP contribution in [0.2, 0.25) is 5.02 Å². The van der Waals surface area contributed by atoms with Crippen LogP contribution < -0.4 is 21.3 Å². The number of hydrogen-bond acceptors (Lipinski definition) is 10. The monoisotopic (exact) mass is 897 g/mol. The van der Waals surface area contributed by atoms with E-state index in [2.05, 4.69) is 41.9 Å². The zero-order valence-electron chi connectivity index (χ0n) is 37.7. The van der Waals surface area contributed by atoms with Crippen molar-refractivity contribution in [2.45, 2.75) is 117 Å². The maximum Gasteiger partial charge on any atom is 0.410 e. The Hall–Kier alpha value is -6.03. The first kappa shape index (κ1) is 47.4. The standard InChI is InChI=1S/C47H60ClN9O7/c1-28-36(42(59)50-35-22-24-57(25-23-35)45(62)64-47(5,6)7)20-21-37(39(28)48)31-12-8-29(9-13-31)26-38(43(60)51-34-18-16-32(17-19-34)40-53-55-56-54-40)52-41(58)33-14-10-30(11-15-33)27-49-44(61)63-46(2,3)4/h8-9,12-13,16-21,30,33,35,38H,10-11,14-15,22-27H2,1-7H3,(H,49,61)(H,50,59)(H,51,60)(H,52,58)(H,53,54,55,56). The molecule has 1 aliphatic carbocycles. The summed E-state index contributed by atoms with van der Waals surface area (Å²) in [6, 6.07) is 17.3. The van der Waals surface area contributed by atoms with Crippen LogP contribution >= 0.6 is 11.6 Å². The summed E-state index contributed by atoms with van der Waals surface area (Å²) in [5.74, 6) is -0.434. The smallest absolute Gasteiger partial charge is 0.410 e. The van der Waals surface area contributed by atoms with Crippen molar-refractivity contribution in [1.82, 2.24) is 41.5 Å². The minimum atomic E-state index is -0.894. The van der Waals surface area contributed by atoms with Gasteiger partial charge < -0.3 is 35.6 Å². The van der Waals surface area contributed by atoms with Gasteiger partial charge in [-0.3, -0.25) is 14.4 Å². The fraction of sp³-hybridized carbons (Fsp3) is 0.489. The Morgan fingerprint density at radius 3 is 2.08 bits per heavy atom. The molecule has 0 radical (unpaired) electrons. The SMILES string of the molecule is Cc1c(C(=O)NC2CCN(C(=O)OC(C)(C)C)CC2)ccc(-c2ccc(CC(NC(=O)C3CCC(CNC(=O)OC(C)(C)C)CC3)C(=O)Nc3ccc(-c4nn[nH]n4)cc3)cc2)c1Cl. The maximum absolute atomic E-state index is 13.9. The molecular weight excluding hydrogens is 838 g/mol. The van der Waals surface area contributed by atoms with Crippen molar-refractivity contribution in [2.75, 3.05) is 25.0 Å². The molecule has 1 saturated heterocycles. The van der Waals surface area contributed by atoms with Gasteiger partial charge in [-0.2, -0.15) is 5.21 Å². The predicted octanol–water partition coefficient (Wildman–Crippen LogP) is 7.62. The molecule has 3 aromatic carbocycles. The number of aromatic nitrogens is 4. The van der Waals surface area contributed by atoms with E-state index in [0.717, 1.165) is 35.1 Å². The highest BCUT2D eigenvalue weighted by Gasteiger charge is 2.31. The van der Waals surface area contributed by atoms with Gasteiger partial charge in [0.05, 0.1) is 5.02 Å². The Kier molecular flexibility index (Phi) is 15.3. The molecule has 0 bridgehead atoms. The average molecular weight is 899 g/mol. The zero-order chi connectivity index (χ0) is 46.2. The van der Waals surface area contributed by atoms with E-state index in [0.29, 0.717) is 73.0 Å². The molecule has 5 amide bonds. The van der Waals surface area contributed by atoms with Gasteiger partial charge in [0.15, 0.2) is 0 Å². The highest BCUT2D eigenvalue weighted by molar-refractivity contribution is 6.34. The number of carbonyl (C=O) groups excluding carboxylic acids is 5. The lowest BCUT2D eigenvalue weighted by molar-refractivity contribution is -0.130. The molecule has 1 saturated carbocycles. The van der Waals surface area contributed by atoms with E-state index in [1.165, 1.54) is 0 Å². The second-order valence-corrected chi connectivity index (χ2v) is 19.1. The minimum absolute atomic E-state index is 0.0922. The molecule has 64 heavy (non-hydrogen) atoms. The van der Waals surface area contributed by atoms with E-state index < -0.39 is 23.3 Å². The third kappa shape index (κ3) is 13.3. The lowest BCUT2D eigenvalue weighted by Crippen LogP contribution is -2.48. The highest BCUT2D eigenvalue weighted by Crippen LogP contribution is 2.34. The van der Waals surface area contributed by atoms with Gasteiger partial charge in [-0.1, -0.05) is 41.9 Å². The van der Waals surface area contributed by atoms with E-state index in [4.69, 9.17) is 21.1 Å². The molecule has 1 unspecified atom stereocenters. The van der Waals surface area contributed by atoms with Crippen LogP contribution in [0.4, 0.5) is 15.3 Å². The summed E-state index contributed by atoms with van der Waals surface area (Å²) in [5, 5.41) is 26.4. The topological polar surface area (TPSA) is 210 Å². The summed E-state index contributed by atoms with van der Waals surface area (Å²) in [6.07, 6.45) is 3.40. The number of nitrogens with one attached hydrogen (secondary N) is 5. The summed E-state index contributed by atoms with van der Waals surface area (Å²) in [4.78, 5) is 67.5. The third-order valence-corrected chi connectivity index (χ3v) is 11.8. The minimum Gasteiger partial charge on any atom is -0.444 e. The van der Waals surface area contributed by atoms with E-state index in [9.17, 15) is 24.0 Å². The van der Waals surface area contributed by atoms with Gasteiger partial charge in [-0.05, 0) is 145 Å². The average Bonchev–Trinajstić information content (AvgIpc) is 3.79. The molecule has 342 valence electrons. The van der Waals surface area contributed by atoms with Crippen molar-refractivity contribution in [3.05, 3.63) is 82.4 Å². The summed E-state index contributed by atoms with van der Waals surface area (Å²) >= 11 is 6.93. The molecule has 2 fully saturated rings. The predicted molar refractivity (Wildman–Crippen MR) is 243 cm³/mol. The molecule has 5 N–H and O–H groups in total. The molecule has 1 atom stereocenters. The van der Waals surface area contributed by atoms with Gasteiger partial charge in [-0.25, -0.2) is 9.59 Å². The quantitative estimate of drug-likeness (QED) is 0.0939. The van der Waals surface area contributed by atoms with E-state index in [1.54, 1.807) is 35.2 Å². The molecular formula is C47H60ClN9O7. The normalized spacial score (nSPS) is 17.5. The number of likely N-dealkylation sites (tertiary alicyclic amines) is 1. The summed E-state index contributed by atoms with van der Waals surface area (Å²) in [6.45, 7) is 14.2. The van der Waals surface area contributed by atoms with Gasteiger partial charge in [0.2, 0.25) is 17.6 Å². The summed E-state index contributed by atoms with van der Waals surface area (Å²) < 4.78 is 10.9. The summed E-state index contributed by atoms with van der Waals surface area (Å²) in [7, 11) is 0. The number of nitrogens with zero attached hydrogens (tertiary/aromatic N) is 4. The van der Waals surface area contributed by atoms with Crippen LogP contribution in [0, 0.1) is 18.8 Å². The lowest BCUT2D eigenvalue weighted by Gasteiger charge is -2.33. The van der Waals surface area contributed by atoms with Crippen LogP contribution in [0.15, 0.2) is 60.7 Å². The van der Waals surface area contributed by atoms with Crippen LogP contribution in [0.25, 0.3) is 22.5 Å². The number of aromatic amines is 1. The van der Waals surface area contributed by atoms with Crippen LogP contribution in [0.5, 0.6) is 0 Å². The van der Waals surface area contributed by atoms with E-state index in [-0.39, 0.29) is 48.1 Å². The van der Waals surface area contributed by atoms with E-state index >= 15 is 0 Å². The zero-order valence-corrected chi connectivity index (χ0v) is 38.4. The molecule has 4 aromatic rings. The number of amides is 5. The molecule has 1 aliphatic heterocycles. The Bertz CT molecular complexity index is 2260. The number of benzene rings is 3. The molecule has 16 nitrogen and oxygen atoms in total. The van der Waals surface area contributed by atoms with Crippen molar-refractivity contribution < 1.29 is 33.4 Å². The van der Waals surface area contributed by atoms with Crippen molar-refractivity contribution in [1.29, 1.82) is 0 Å². The van der Waals surface area contributed by atoms with Crippen molar-refractivity contribution in [2.24, 2.45) is 11.8 Å². The largest absolute Gasteiger partial charge is 0.444 e. The van der Waals surface area contributed by atoms with Crippen LogP contribution in [-0.2, 0) is 25.5 Å². The third-order valence-electron chi connectivity index (χ3n) is 11.4. The van der Waals surface area contributed by atoms with Gasteiger partial charge in [0, 0.05) is 60.4 Å². The first-order valence-corrected chi connectivity index (χ1v) is 22.3. The van der Waals surface area contributed by atoms with Crippen LogP contribution in [-0.4, -0.2) is 98.4 Å². The molecule has 2 heterocycles. The fourth-order valence-electron chi connectivity index (χ4n) is 7.89. The second-order valence-electron chi connectivity index (χ2n) is 18.7. The number of hydrogen-bond donors (Lipinski definition) is 5. The number of piperidine rings is 1. The summed E-state index contributed by atoms with van der Waals surface area (Å²) in [5.41, 5.74) is 3.60. The Morgan fingerprint density at radius 2 is 1.47 bits per heavy atom. The number of rotatable bonds is 12. The highest BCUT2D eigenvalue weighted by atomic mass is 35.5. The number of ether oxygens (including phenoxy) is 2. The number of halogens is 1. The van der Waals surface area contributed by atoms with E-state index in [1.807, 2.05) is 78.8 Å². The number of anilines is 1. The number of alkyl carbamates (subject to hydrolysis) is 1. The first-order chi connectivity index (χ1) is 30.3. The van der Waals surface area contributed by atoms with Crippen molar-refractivity contribution in [3.63, 3.8) is 0 Å². The van der Waals surface area contributed by atoms with Crippen molar-refractivity contribution >= 4 is 47.2 Å². The Labute approximate surface area is 379 Å². The molecule has 17 heteroatoms. The Balaban J connectivity index is 1.09. The molecule has 2 aliphatic rings. The Morgan fingerprint density at radius 1 is 0.828 bits per heavy atom. The van der Waals surface area contributed by atoms with Crippen molar-refractivity contribution in [3.8, 4) is 22.5 Å². The lowest BCUT2D eigenvalue weighted by atomic mass is 9.81. The van der Waals surface area contributed by atoms with Gasteiger partial charge >= 0.3 is 12.2 Å². The molecule has 1 aromatic heterocycles. The van der Waals surface area contributed by atoms with Gasteiger partial charge in [-0.15, -0.1) is 10.2 Å². The fourth-order valence-corrected chi connectivity index (χ4v) is 8.17. The number of H-pyrrole nitrogens is 1. The molecule has 6 rings (SSSR count). The van der Waals surface area contributed by atoms with Gasteiger partial charge in [0.1, 0.15) is 17.2 Å². The first-order valence-electron chi connectivity index (χ1n) is 21.9.